The first kappa shape index (κ1) is 12.9. The topological polar surface area (TPSA) is 20.7 Å². The average molecular weight is 280 g/mol. The molecule has 0 aliphatic heterocycles. The molecule has 0 saturated heterocycles. The SMILES string of the molecule is Cc1ccc(-n2cc(-c3ccccc3)[nH]c2=S)c(C)c1. The van der Waals surface area contributed by atoms with Gasteiger partial charge in [0, 0.05) is 6.20 Å². The lowest BCUT2D eigenvalue weighted by atomic mass is 10.1. The number of hydrogen-bond donors (Lipinski definition) is 1. The molecule has 0 fully saturated rings. The number of imidazole rings is 1. The summed E-state index contributed by atoms with van der Waals surface area (Å²) in [4.78, 5) is 3.28. The summed E-state index contributed by atoms with van der Waals surface area (Å²) in [5, 5.41) is 0. The highest BCUT2D eigenvalue weighted by atomic mass is 32.1. The normalized spacial score (nSPS) is 10.7. The molecule has 3 heteroatoms. The number of aromatic nitrogens is 2. The van der Waals surface area contributed by atoms with Crippen LogP contribution in [-0.2, 0) is 0 Å². The summed E-state index contributed by atoms with van der Waals surface area (Å²) >= 11 is 5.45. The highest BCUT2D eigenvalue weighted by Crippen LogP contribution is 2.22. The molecule has 1 aromatic heterocycles. The van der Waals surface area contributed by atoms with E-state index in [4.69, 9.17) is 12.2 Å². The number of benzene rings is 2. The van der Waals surface area contributed by atoms with Crippen LogP contribution in [0.1, 0.15) is 11.1 Å². The molecule has 0 spiro atoms. The van der Waals surface area contributed by atoms with E-state index < -0.39 is 0 Å². The minimum Gasteiger partial charge on any atom is -0.330 e. The first-order chi connectivity index (χ1) is 9.65. The third-order valence-corrected chi connectivity index (χ3v) is 3.71. The Hall–Kier alpha value is -2.13. The van der Waals surface area contributed by atoms with Crippen LogP contribution in [0.5, 0.6) is 0 Å². The molecule has 1 N–H and O–H groups in total. The molecule has 0 aliphatic rings. The van der Waals surface area contributed by atoms with Crippen molar-refractivity contribution >= 4 is 12.2 Å². The van der Waals surface area contributed by atoms with E-state index >= 15 is 0 Å². The lowest BCUT2D eigenvalue weighted by Gasteiger charge is -2.07. The monoisotopic (exact) mass is 280 g/mol. The molecular formula is C17H16N2S. The molecule has 3 aromatic rings. The van der Waals surface area contributed by atoms with Gasteiger partial charge in [-0.1, -0.05) is 48.0 Å². The van der Waals surface area contributed by atoms with Crippen LogP contribution >= 0.6 is 12.2 Å². The van der Waals surface area contributed by atoms with Gasteiger partial charge in [0.05, 0.1) is 11.4 Å². The van der Waals surface area contributed by atoms with Crippen molar-refractivity contribution in [1.82, 2.24) is 9.55 Å². The third-order valence-electron chi connectivity index (χ3n) is 3.42. The lowest BCUT2D eigenvalue weighted by molar-refractivity contribution is 1.01. The molecule has 0 aliphatic carbocycles. The standard InChI is InChI=1S/C17H16N2S/c1-12-8-9-16(13(2)10-12)19-11-15(18-17(19)20)14-6-4-3-5-7-14/h3-11H,1-2H3,(H,18,20). The van der Waals surface area contributed by atoms with Gasteiger partial charge in [0.2, 0.25) is 0 Å². The van der Waals surface area contributed by atoms with Gasteiger partial charge in [-0.25, -0.2) is 0 Å². The Balaban J connectivity index is 2.12. The quantitative estimate of drug-likeness (QED) is 0.667. The second-order valence-corrected chi connectivity index (χ2v) is 5.39. The fourth-order valence-corrected chi connectivity index (χ4v) is 2.68. The summed E-state index contributed by atoms with van der Waals surface area (Å²) in [6, 6.07) is 16.6. The van der Waals surface area contributed by atoms with E-state index in [1.165, 1.54) is 11.1 Å². The van der Waals surface area contributed by atoms with Crippen LogP contribution in [0.4, 0.5) is 0 Å². The maximum Gasteiger partial charge on any atom is 0.182 e. The summed E-state index contributed by atoms with van der Waals surface area (Å²) < 4.78 is 2.75. The van der Waals surface area contributed by atoms with E-state index in [0.717, 1.165) is 21.7 Å². The Bertz CT molecular complexity index is 797. The van der Waals surface area contributed by atoms with Crippen LogP contribution in [0.15, 0.2) is 54.7 Å². The van der Waals surface area contributed by atoms with Gasteiger partial charge in [0.1, 0.15) is 0 Å². The summed E-state index contributed by atoms with van der Waals surface area (Å²) in [7, 11) is 0. The van der Waals surface area contributed by atoms with E-state index in [2.05, 4.69) is 55.4 Å². The maximum absolute atomic E-state index is 5.45. The molecule has 20 heavy (non-hydrogen) atoms. The molecule has 0 saturated carbocycles. The summed E-state index contributed by atoms with van der Waals surface area (Å²) in [6.07, 6.45) is 2.06. The molecule has 0 unspecified atom stereocenters. The smallest absolute Gasteiger partial charge is 0.182 e. The largest absolute Gasteiger partial charge is 0.330 e. The Morgan fingerprint density at radius 3 is 2.45 bits per heavy atom. The molecule has 100 valence electrons. The second-order valence-electron chi connectivity index (χ2n) is 5.00. The Kier molecular flexibility index (Phi) is 3.28. The van der Waals surface area contributed by atoms with E-state index in [9.17, 15) is 0 Å². The Labute approximate surface area is 123 Å². The average Bonchev–Trinajstić information content (AvgIpc) is 2.82. The van der Waals surface area contributed by atoms with Crippen molar-refractivity contribution in [3.8, 4) is 16.9 Å². The lowest BCUT2D eigenvalue weighted by Crippen LogP contribution is -1.95. The highest BCUT2D eigenvalue weighted by Gasteiger charge is 2.06. The minimum atomic E-state index is 0.718. The number of hydrogen-bond acceptors (Lipinski definition) is 1. The van der Waals surface area contributed by atoms with Crippen LogP contribution in [0.2, 0.25) is 0 Å². The Morgan fingerprint density at radius 1 is 1.00 bits per heavy atom. The van der Waals surface area contributed by atoms with Crippen molar-refractivity contribution in [3.05, 3.63) is 70.6 Å². The van der Waals surface area contributed by atoms with Gasteiger partial charge in [0.15, 0.2) is 4.77 Å². The van der Waals surface area contributed by atoms with Gasteiger partial charge in [-0.05, 0) is 43.3 Å². The minimum absolute atomic E-state index is 0.718. The van der Waals surface area contributed by atoms with Crippen molar-refractivity contribution in [2.75, 3.05) is 0 Å². The van der Waals surface area contributed by atoms with Gasteiger partial charge >= 0.3 is 0 Å². The molecule has 0 amide bonds. The first-order valence-corrected chi connectivity index (χ1v) is 7.01. The highest BCUT2D eigenvalue weighted by molar-refractivity contribution is 7.71. The van der Waals surface area contributed by atoms with Crippen LogP contribution in [0.3, 0.4) is 0 Å². The van der Waals surface area contributed by atoms with Crippen LogP contribution in [0.25, 0.3) is 16.9 Å². The Morgan fingerprint density at radius 2 is 1.75 bits per heavy atom. The second kappa shape index (κ2) is 5.10. The van der Waals surface area contributed by atoms with Crippen molar-refractivity contribution in [1.29, 1.82) is 0 Å². The number of nitrogens with zero attached hydrogens (tertiary/aromatic N) is 1. The number of rotatable bonds is 2. The van der Waals surface area contributed by atoms with Gasteiger partial charge in [-0.15, -0.1) is 0 Å². The number of aromatic amines is 1. The molecular weight excluding hydrogens is 264 g/mol. The van der Waals surface area contributed by atoms with Gasteiger partial charge in [0.25, 0.3) is 0 Å². The summed E-state index contributed by atoms with van der Waals surface area (Å²) in [5.74, 6) is 0. The van der Waals surface area contributed by atoms with E-state index in [1.807, 2.05) is 22.8 Å². The zero-order valence-corrected chi connectivity index (χ0v) is 12.4. The van der Waals surface area contributed by atoms with Crippen molar-refractivity contribution in [2.45, 2.75) is 13.8 Å². The van der Waals surface area contributed by atoms with E-state index in [1.54, 1.807) is 0 Å². The maximum atomic E-state index is 5.45. The predicted octanol–water partition coefficient (Wildman–Crippen LogP) is 4.82. The van der Waals surface area contributed by atoms with Gasteiger partial charge in [-0.2, -0.15) is 0 Å². The fraction of sp³-hybridized carbons (Fsp3) is 0.118. The number of H-pyrrole nitrogens is 1. The molecule has 0 atom stereocenters. The van der Waals surface area contributed by atoms with E-state index in [0.29, 0.717) is 0 Å². The van der Waals surface area contributed by atoms with Crippen LogP contribution in [0, 0.1) is 18.6 Å². The first-order valence-electron chi connectivity index (χ1n) is 6.60. The van der Waals surface area contributed by atoms with Crippen molar-refractivity contribution in [2.24, 2.45) is 0 Å². The third kappa shape index (κ3) is 2.32. The molecule has 2 nitrogen and oxygen atoms in total. The van der Waals surface area contributed by atoms with Crippen LogP contribution < -0.4 is 0 Å². The van der Waals surface area contributed by atoms with Gasteiger partial charge < -0.3 is 4.98 Å². The van der Waals surface area contributed by atoms with Crippen LogP contribution in [-0.4, -0.2) is 9.55 Å². The summed E-state index contributed by atoms with van der Waals surface area (Å²) in [6.45, 7) is 4.21. The molecule has 3 rings (SSSR count). The van der Waals surface area contributed by atoms with Crippen molar-refractivity contribution < 1.29 is 0 Å². The summed E-state index contributed by atoms with van der Waals surface area (Å²) in [5.41, 5.74) is 5.79. The number of aryl methyl sites for hydroxylation is 2. The van der Waals surface area contributed by atoms with Gasteiger partial charge in [-0.3, -0.25) is 4.57 Å². The zero-order chi connectivity index (χ0) is 14.1. The van der Waals surface area contributed by atoms with E-state index in [-0.39, 0.29) is 0 Å². The molecule has 1 heterocycles. The fourth-order valence-electron chi connectivity index (χ4n) is 2.41. The van der Waals surface area contributed by atoms with Crippen molar-refractivity contribution in [3.63, 3.8) is 0 Å². The number of nitrogens with one attached hydrogen (secondary N) is 1. The molecule has 0 bridgehead atoms. The zero-order valence-electron chi connectivity index (χ0n) is 11.6. The molecule has 0 radical (unpaired) electrons. The predicted molar refractivity (Wildman–Crippen MR) is 85.9 cm³/mol. The molecule has 2 aromatic carbocycles.